The van der Waals surface area contributed by atoms with Gasteiger partial charge >= 0.3 is 0 Å². The zero-order valence-corrected chi connectivity index (χ0v) is 11.7. The first-order valence-corrected chi connectivity index (χ1v) is 6.35. The van der Waals surface area contributed by atoms with Crippen LogP contribution in [0.15, 0.2) is 53.6 Å². The molecule has 0 atom stereocenters. The lowest BCUT2D eigenvalue weighted by Crippen LogP contribution is -2.05. The zero-order chi connectivity index (χ0) is 14.2. The SMILES string of the molecule is COc1ccc(OC)c(C=NNCc2ccccc2)c1. The summed E-state index contributed by atoms with van der Waals surface area (Å²) in [6.07, 6.45) is 1.73. The molecule has 0 spiro atoms. The van der Waals surface area contributed by atoms with Gasteiger partial charge in [0.1, 0.15) is 11.5 Å². The predicted octanol–water partition coefficient (Wildman–Crippen LogP) is 2.83. The van der Waals surface area contributed by atoms with E-state index in [2.05, 4.69) is 22.7 Å². The monoisotopic (exact) mass is 270 g/mol. The number of rotatable bonds is 6. The molecule has 0 radical (unpaired) electrons. The van der Waals surface area contributed by atoms with Gasteiger partial charge in [-0.2, -0.15) is 5.10 Å². The molecular formula is C16H18N2O2. The van der Waals surface area contributed by atoms with Gasteiger partial charge in [0.05, 0.1) is 27.0 Å². The minimum atomic E-state index is 0.684. The van der Waals surface area contributed by atoms with E-state index < -0.39 is 0 Å². The fourth-order valence-corrected chi connectivity index (χ4v) is 1.79. The van der Waals surface area contributed by atoms with Gasteiger partial charge in [-0.05, 0) is 23.8 Å². The minimum absolute atomic E-state index is 0.684. The summed E-state index contributed by atoms with van der Waals surface area (Å²) in [5.41, 5.74) is 5.06. The Kier molecular flexibility index (Phi) is 5.00. The second-order valence-corrected chi connectivity index (χ2v) is 4.19. The summed E-state index contributed by atoms with van der Waals surface area (Å²) in [6.45, 7) is 0.684. The van der Waals surface area contributed by atoms with Gasteiger partial charge < -0.3 is 14.9 Å². The van der Waals surface area contributed by atoms with Crippen LogP contribution in [0.2, 0.25) is 0 Å². The van der Waals surface area contributed by atoms with Crippen molar-refractivity contribution in [3.05, 3.63) is 59.7 Å². The molecule has 2 rings (SSSR count). The van der Waals surface area contributed by atoms with Gasteiger partial charge in [-0.3, -0.25) is 0 Å². The molecule has 4 heteroatoms. The van der Waals surface area contributed by atoms with E-state index in [-0.39, 0.29) is 0 Å². The van der Waals surface area contributed by atoms with Crippen molar-refractivity contribution >= 4 is 6.21 Å². The van der Waals surface area contributed by atoms with E-state index in [1.165, 1.54) is 5.56 Å². The molecule has 0 unspecified atom stereocenters. The van der Waals surface area contributed by atoms with Crippen LogP contribution >= 0.6 is 0 Å². The van der Waals surface area contributed by atoms with Crippen LogP contribution in [0.1, 0.15) is 11.1 Å². The molecule has 2 aromatic carbocycles. The largest absolute Gasteiger partial charge is 0.497 e. The van der Waals surface area contributed by atoms with Crippen LogP contribution < -0.4 is 14.9 Å². The molecule has 104 valence electrons. The molecule has 2 aromatic rings. The van der Waals surface area contributed by atoms with Gasteiger partial charge in [0.25, 0.3) is 0 Å². The molecule has 4 nitrogen and oxygen atoms in total. The van der Waals surface area contributed by atoms with Gasteiger partial charge in [0.2, 0.25) is 0 Å². The Labute approximate surface area is 119 Å². The molecule has 0 aliphatic heterocycles. The average molecular weight is 270 g/mol. The Hall–Kier alpha value is -2.49. The molecular weight excluding hydrogens is 252 g/mol. The molecule has 20 heavy (non-hydrogen) atoms. The molecule has 0 bridgehead atoms. The zero-order valence-electron chi connectivity index (χ0n) is 11.7. The number of hydrazone groups is 1. The predicted molar refractivity (Wildman–Crippen MR) is 80.4 cm³/mol. The maximum atomic E-state index is 5.29. The first-order chi connectivity index (χ1) is 9.83. The van der Waals surface area contributed by atoms with Crippen molar-refractivity contribution in [2.75, 3.05) is 14.2 Å². The summed E-state index contributed by atoms with van der Waals surface area (Å²) in [6, 6.07) is 15.7. The van der Waals surface area contributed by atoms with Crippen molar-refractivity contribution in [2.45, 2.75) is 6.54 Å². The number of benzene rings is 2. The molecule has 0 heterocycles. The molecule has 0 aliphatic rings. The van der Waals surface area contributed by atoms with Gasteiger partial charge in [-0.1, -0.05) is 30.3 Å². The number of methoxy groups -OCH3 is 2. The summed E-state index contributed by atoms with van der Waals surface area (Å²) in [7, 11) is 3.27. The Balaban J connectivity index is 2.00. The summed E-state index contributed by atoms with van der Waals surface area (Å²) in [5.74, 6) is 1.53. The van der Waals surface area contributed by atoms with Crippen LogP contribution in [-0.4, -0.2) is 20.4 Å². The Morgan fingerprint density at radius 1 is 1.05 bits per heavy atom. The Morgan fingerprint density at radius 3 is 2.55 bits per heavy atom. The smallest absolute Gasteiger partial charge is 0.127 e. The lowest BCUT2D eigenvalue weighted by molar-refractivity contribution is 0.402. The third kappa shape index (κ3) is 3.75. The normalized spacial score (nSPS) is 10.5. The molecule has 0 saturated carbocycles. The number of hydrogen-bond acceptors (Lipinski definition) is 4. The Bertz CT molecular complexity index is 568. The summed E-state index contributed by atoms with van der Waals surface area (Å²) < 4.78 is 10.5. The number of hydrogen-bond donors (Lipinski definition) is 1. The number of nitrogens with one attached hydrogen (secondary N) is 1. The third-order valence-electron chi connectivity index (χ3n) is 2.86. The maximum Gasteiger partial charge on any atom is 0.127 e. The third-order valence-corrected chi connectivity index (χ3v) is 2.86. The fourth-order valence-electron chi connectivity index (χ4n) is 1.79. The maximum absolute atomic E-state index is 5.29. The van der Waals surface area contributed by atoms with Crippen LogP contribution in [0.5, 0.6) is 11.5 Å². The van der Waals surface area contributed by atoms with Crippen molar-refractivity contribution in [3.63, 3.8) is 0 Å². The lowest BCUT2D eigenvalue weighted by atomic mass is 10.2. The molecule has 0 aliphatic carbocycles. The van der Waals surface area contributed by atoms with Crippen LogP contribution in [0.25, 0.3) is 0 Å². The van der Waals surface area contributed by atoms with Gasteiger partial charge in [0.15, 0.2) is 0 Å². The van der Waals surface area contributed by atoms with Crippen molar-refractivity contribution in [2.24, 2.45) is 5.10 Å². The first kappa shape index (κ1) is 13.9. The van der Waals surface area contributed by atoms with Crippen LogP contribution in [0.4, 0.5) is 0 Å². The van der Waals surface area contributed by atoms with Crippen molar-refractivity contribution in [1.82, 2.24) is 5.43 Å². The van der Waals surface area contributed by atoms with E-state index in [0.717, 1.165) is 17.1 Å². The topological polar surface area (TPSA) is 42.9 Å². The van der Waals surface area contributed by atoms with Crippen molar-refractivity contribution < 1.29 is 9.47 Å². The highest BCUT2D eigenvalue weighted by molar-refractivity contribution is 5.84. The molecule has 1 N–H and O–H groups in total. The second-order valence-electron chi connectivity index (χ2n) is 4.19. The van der Waals surface area contributed by atoms with Crippen molar-refractivity contribution in [1.29, 1.82) is 0 Å². The minimum Gasteiger partial charge on any atom is -0.497 e. The highest BCUT2D eigenvalue weighted by Crippen LogP contribution is 2.22. The van der Waals surface area contributed by atoms with Gasteiger partial charge in [-0.25, -0.2) is 0 Å². The molecule has 0 saturated heterocycles. The average Bonchev–Trinajstić information content (AvgIpc) is 2.52. The van der Waals surface area contributed by atoms with Crippen molar-refractivity contribution in [3.8, 4) is 11.5 Å². The Morgan fingerprint density at radius 2 is 1.85 bits per heavy atom. The van der Waals surface area contributed by atoms with E-state index in [4.69, 9.17) is 9.47 Å². The van der Waals surface area contributed by atoms with E-state index in [0.29, 0.717) is 6.54 Å². The number of nitrogens with zero attached hydrogens (tertiary/aromatic N) is 1. The van der Waals surface area contributed by atoms with E-state index in [1.807, 2.05) is 36.4 Å². The van der Waals surface area contributed by atoms with Gasteiger partial charge in [0, 0.05) is 5.56 Å². The standard InChI is InChI=1S/C16H18N2O2/c1-19-15-8-9-16(20-2)14(10-15)12-18-17-11-13-6-4-3-5-7-13/h3-10,12,17H,11H2,1-2H3. The summed E-state index contributed by atoms with van der Waals surface area (Å²) in [5, 5.41) is 4.21. The van der Waals surface area contributed by atoms with E-state index in [1.54, 1.807) is 20.4 Å². The summed E-state index contributed by atoms with van der Waals surface area (Å²) >= 11 is 0. The summed E-state index contributed by atoms with van der Waals surface area (Å²) in [4.78, 5) is 0. The van der Waals surface area contributed by atoms with Gasteiger partial charge in [-0.15, -0.1) is 0 Å². The van der Waals surface area contributed by atoms with E-state index >= 15 is 0 Å². The molecule has 0 fully saturated rings. The van der Waals surface area contributed by atoms with Crippen LogP contribution in [0, 0.1) is 0 Å². The number of ether oxygens (including phenoxy) is 2. The second kappa shape index (κ2) is 7.19. The highest BCUT2D eigenvalue weighted by atomic mass is 16.5. The quantitative estimate of drug-likeness (QED) is 0.648. The molecule has 0 aromatic heterocycles. The highest BCUT2D eigenvalue weighted by Gasteiger charge is 2.02. The van der Waals surface area contributed by atoms with Crippen LogP contribution in [-0.2, 0) is 6.54 Å². The van der Waals surface area contributed by atoms with Crippen LogP contribution in [0.3, 0.4) is 0 Å². The first-order valence-electron chi connectivity index (χ1n) is 6.35. The molecule has 0 amide bonds. The van der Waals surface area contributed by atoms with E-state index in [9.17, 15) is 0 Å². The fraction of sp³-hybridized carbons (Fsp3) is 0.188. The lowest BCUT2D eigenvalue weighted by Gasteiger charge is -2.07.